The monoisotopic (exact) mass is 229 g/mol. The maximum atomic E-state index is 5.95. The van der Waals surface area contributed by atoms with Crippen LogP contribution in [0, 0.1) is 5.92 Å². The minimum Gasteiger partial charge on any atom is -0.328 e. The Kier molecular flexibility index (Phi) is 2.74. The van der Waals surface area contributed by atoms with Crippen molar-refractivity contribution in [3.63, 3.8) is 0 Å². The van der Waals surface area contributed by atoms with Crippen molar-refractivity contribution in [2.75, 3.05) is 0 Å². The summed E-state index contributed by atoms with van der Waals surface area (Å²) >= 11 is 11.8. The SMILES string of the molecule is C[C@H](N)[C@H]1C[C@@H]1c1ccc(Cl)c(Cl)c1. The van der Waals surface area contributed by atoms with Gasteiger partial charge in [-0.05, 0) is 42.9 Å². The first-order chi connectivity index (χ1) is 6.59. The van der Waals surface area contributed by atoms with Crippen LogP contribution in [0.15, 0.2) is 18.2 Å². The fraction of sp³-hybridized carbons (Fsp3) is 0.455. The Labute approximate surface area is 94.2 Å². The Balaban J connectivity index is 2.16. The van der Waals surface area contributed by atoms with Crippen LogP contribution < -0.4 is 5.73 Å². The Hall–Kier alpha value is -0.240. The average molecular weight is 230 g/mol. The van der Waals surface area contributed by atoms with Gasteiger partial charge in [-0.2, -0.15) is 0 Å². The largest absolute Gasteiger partial charge is 0.328 e. The first-order valence-electron chi connectivity index (χ1n) is 4.80. The Morgan fingerprint density at radius 2 is 2.07 bits per heavy atom. The van der Waals surface area contributed by atoms with Crippen LogP contribution in [-0.2, 0) is 0 Å². The van der Waals surface area contributed by atoms with Crippen LogP contribution in [0.2, 0.25) is 10.0 Å². The second-order valence-corrected chi connectivity index (χ2v) is 4.85. The van der Waals surface area contributed by atoms with Crippen molar-refractivity contribution in [3.05, 3.63) is 33.8 Å². The van der Waals surface area contributed by atoms with Crippen molar-refractivity contribution in [2.24, 2.45) is 11.7 Å². The van der Waals surface area contributed by atoms with E-state index in [0.717, 1.165) is 0 Å². The minimum absolute atomic E-state index is 0.273. The van der Waals surface area contributed by atoms with Gasteiger partial charge in [0.1, 0.15) is 0 Å². The van der Waals surface area contributed by atoms with E-state index in [9.17, 15) is 0 Å². The van der Waals surface area contributed by atoms with Gasteiger partial charge in [-0.3, -0.25) is 0 Å². The van der Waals surface area contributed by atoms with Gasteiger partial charge in [0.05, 0.1) is 10.0 Å². The molecule has 1 saturated carbocycles. The molecule has 14 heavy (non-hydrogen) atoms. The summed E-state index contributed by atoms with van der Waals surface area (Å²) in [5.41, 5.74) is 7.10. The van der Waals surface area contributed by atoms with Crippen molar-refractivity contribution in [2.45, 2.75) is 25.3 Å². The molecule has 76 valence electrons. The molecule has 0 bridgehead atoms. The predicted octanol–water partition coefficient (Wildman–Crippen LogP) is 3.44. The van der Waals surface area contributed by atoms with Crippen LogP contribution in [0.25, 0.3) is 0 Å². The quantitative estimate of drug-likeness (QED) is 0.827. The predicted molar refractivity (Wildman–Crippen MR) is 61.0 cm³/mol. The molecule has 1 fully saturated rings. The summed E-state index contributed by atoms with van der Waals surface area (Å²) in [7, 11) is 0. The molecule has 0 spiro atoms. The van der Waals surface area contributed by atoms with Crippen LogP contribution in [0.4, 0.5) is 0 Å². The third-order valence-electron chi connectivity index (χ3n) is 2.89. The van der Waals surface area contributed by atoms with E-state index in [1.165, 1.54) is 12.0 Å². The molecule has 0 radical (unpaired) electrons. The van der Waals surface area contributed by atoms with E-state index in [2.05, 4.69) is 6.92 Å². The van der Waals surface area contributed by atoms with E-state index < -0.39 is 0 Å². The zero-order valence-corrected chi connectivity index (χ0v) is 9.52. The van der Waals surface area contributed by atoms with Crippen LogP contribution in [0.1, 0.15) is 24.8 Å². The molecule has 2 rings (SSSR count). The molecule has 0 unspecified atom stereocenters. The number of benzene rings is 1. The number of rotatable bonds is 2. The first kappa shape index (κ1) is 10.3. The summed E-state index contributed by atoms with van der Waals surface area (Å²) in [5.74, 6) is 1.21. The van der Waals surface area contributed by atoms with Gasteiger partial charge >= 0.3 is 0 Å². The maximum Gasteiger partial charge on any atom is 0.0595 e. The van der Waals surface area contributed by atoms with Gasteiger partial charge in [0.15, 0.2) is 0 Å². The minimum atomic E-state index is 0.273. The van der Waals surface area contributed by atoms with E-state index in [4.69, 9.17) is 28.9 Å². The van der Waals surface area contributed by atoms with Crippen molar-refractivity contribution in [1.29, 1.82) is 0 Å². The lowest BCUT2D eigenvalue weighted by Crippen LogP contribution is -2.17. The van der Waals surface area contributed by atoms with Gasteiger partial charge in [0.2, 0.25) is 0 Å². The van der Waals surface area contributed by atoms with E-state index in [1.807, 2.05) is 18.2 Å². The van der Waals surface area contributed by atoms with Gasteiger partial charge in [-0.15, -0.1) is 0 Å². The molecule has 3 heteroatoms. The van der Waals surface area contributed by atoms with Crippen LogP contribution in [0.5, 0.6) is 0 Å². The number of nitrogens with two attached hydrogens (primary N) is 1. The maximum absolute atomic E-state index is 5.95. The number of hydrogen-bond donors (Lipinski definition) is 1. The third kappa shape index (κ3) is 1.90. The molecule has 1 aliphatic rings. The summed E-state index contributed by atoms with van der Waals surface area (Å²) in [6.07, 6.45) is 1.18. The highest BCUT2D eigenvalue weighted by Gasteiger charge is 2.40. The highest BCUT2D eigenvalue weighted by Crippen LogP contribution is 2.49. The van der Waals surface area contributed by atoms with Gasteiger partial charge in [-0.1, -0.05) is 29.3 Å². The van der Waals surface area contributed by atoms with Crippen molar-refractivity contribution in [1.82, 2.24) is 0 Å². The smallest absolute Gasteiger partial charge is 0.0595 e. The zero-order chi connectivity index (χ0) is 10.3. The lowest BCUT2D eigenvalue weighted by molar-refractivity contribution is 0.631. The topological polar surface area (TPSA) is 26.0 Å². The molecule has 1 nitrogen and oxygen atoms in total. The highest BCUT2D eigenvalue weighted by atomic mass is 35.5. The summed E-state index contributed by atoms with van der Waals surface area (Å²) in [4.78, 5) is 0. The van der Waals surface area contributed by atoms with Gasteiger partial charge in [0.25, 0.3) is 0 Å². The molecule has 0 amide bonds. The molecule has 1 aliphatic carbocycles. The Morgan fingerprint density at radius 3 is 2.57 bits per heavy atom. The molecule has 0 aromatic heterocycles. The Morgan fingerprint density at radius 1 is 1.36 bits per heavy atom. The van der Waals surface area contributed by atoms with E-state index in [1.54, 1.807) is 0 Å². The molecule has 1 aromatic carbocycles. The molecule has 1 aromatic rings. The van der Waals surface area contributed by atoms with Crippen LogP contribution >= 0.6 is 23.2 Å². The third-order valence-corrected chi connectivity index (χ3v) is 3.63. The number of halogens is 2. The molecular formula is C11H13Cl2N. The van der Waals surface area contributed by atoms with Gasteiger partial charge < -0.3 is 5.73 Å². The standard InChI is InChI=1S/C11H13Cl2N/c1-6(14)8-5-9(8)7-2-3-10(12)11(13)4-7/h2-4,6,8-9H,5,14H2,1H3/t6-,8+,9+/m0/s1. The molecule has 2 N–H and O–H groups in total. The zero-order valence-electron chi connectivity index (χ0n) is 8.00. The molecule has 0 saturated heterocycles. The van der Waals surface area contributed by atoms with Gasteiger partial charge in [0, 0.05) is 6.04 Å². The summed E-state index contributed by atoms with van der Waals surface area (Å²) in [5, 5.41) is 1.26. The molecule has 3 atom stereocenters. The van der Waals surface area contributed by atoms with E-state index >= 15 is 0 Å². The molecule has 0 aliphatic heterocycles. The fourth-order valence-corrected chi connectivity index (χ4v) is 2.23. The fourth-order valence-electron chi connectivity index (χ4n) is 1.92. The lowest BCUT2D eigenvalue weighted by atomic mass is 10.1. The van der Waals surface area contributed by atoms with E-state index in [-0.39, 0.29) is 6.04 Å². The normalized spacial score (nSPS) is 27.4. The average Bonchev–Trinajstić information content (AvgIpc) is 2.89. The Bertz CT molecular complexity index is 349. The summed E-state index contributed by atoms with van der Waals surface area (Å²) in [6.45, 7) is 2.06. The molecular weight excluding hydrogens is 217 g/mol. The first-order valence-corrected chi connectivity index (χ1v) is 5.55. The lowest BCUT2D eigenvalue weighted by Gasteiger charge is -2.05. The van der Waals surface area contributed by atoms with Crippen LogP contribution in [0.3, 0.4) is 0 Å². The molecule has 0 heterocycles. The van der Waals surface area contributed by atoms with Crippen LogP contribution in [-0.4, -0.2) is 6.04 Å². The number of hydrogen-bond acceptors (Lipinski definition) is 1. The second kappa shape index (κ2) is 3.73. The van der Waals surface area contributed by atoms with E-state index in [0.29, 0.717) is 21.9 Å². The van der Waals surface area contributed by atoms with Gasteiger partial charge in [-0.25, -0.2) is 0 Å². The van der Waals surface area contributed by atoms with Crippen molar-refractivity contribution < 1.29 is 0 Å². The van der Waals surface area contributed by atoms with Crippen molar-refractivity contribution >= 4 is 23.2 Å². The summed E-state index contributed by atoms with van der Waals surface area (Å²) < 4.78 is 0. The summed E-state index contributed by atoms with van der Waals surface area (Å²) in [6, 6.07) is 6.13. The second-order valence-electron chi connectivity index (χ2n) is 4.04. The van der Waals surface area contributed by atoms with Crippen molar-refractivity contribution in [3.8, 4) is 0 Å². The highest BCUT2D eigenvalue weighted by molar-refractivity contribution is 6.42.